The van der Waals surface area contributed by atoms with Gasteiger partial charge in [0, 0.05) is 0 Å². The maximum Gasteiger partial charge on any atom is -1.00 e. The molecule has 0 aliphatic heterocycles. The van der Waals surface area contributed by atoms with Crippen LogP contribution >= 0.6 is 0 Å². The van der Waals surface area contributed by atoms with E-state index in [0.29, 0.717) is 6.25 Å². The molecule has 0 saturated carbocycles. The molecule has 0 saturated heterocycles. The van der Waals surface area contributed by atoms with Crippen molar-refractivity contribution < 1.29 is 57.2 Å². The molecule has 0 spiro atoms. The molecule has 2 unspecified atom stereocenters. The van der Waals surface area contributed by atoms with Crippen LogP contribution in [0.1, 0.15) is 27.7 Å². The molecular weight excluding hydrogens is 419 g/mol. The van der Waals surface area contributed by atoms with Crippen LogP contribution in [0.2, 0.25) is 6.25 Å². The van der Waals surface area contributed by atoms with Gasteiger partial charge in [-0.2, -0.15) is 0 Å². The van der Waals surface area contributed by atoms with Gasteiger partial charge in [-0.05, 0) is 0 Å². The first-order valence-corrected chi connectivity index (χ1v) is 7.93. The van der Waals surface area contributed by atoms with E-state index in [0.717, 1.165) is 0 Å². The predicted octanol–water partition coefficient (Wildman–Crippen LogP) is -1.53. The molecule has 0 N–H and O–H groups in total. The van der Waals surface area contributed by atoms with Gasteiger partial charge in [-0.25, -0.2) is 0 Å². The third-order valence-corrected chi connectivity index (χ3v) is 7.16. The Hall–Kier alpha value is 0.803. The van der Waals surface area contributed by atoms with E-state index >= 15 is 0 Å². The van der Waals surface area contributed by atoms with Gasteiger partial charge >= 0.3 is 105 Å². The molecule has 0 radical (unpaired) electrons. The van der Waals surface area contributed by atoms with E-state index in [1.165, 1.54) is 11.1 Å². The van der Waals surface area contributed by atoms with E-state index in [9.17, 15) is 0 Å². The Morgan fingerprint density at radius 1 is 0.824 bits per heavy atom. The van der Waals surface area contributed by atoms with Crippen LogP contribution in [0.25, 0.3) is 0 Å². The minimum atomic E-state index is -0.529. The summed E-state index contributed by atoms with van der Waals surface area (Å²) >= 11 is -0.529. The summed E-state index contributed by atoms with van der Waals surface area (Å²) in [6, 6.07) is 0. The van der Waals surface area contributed by atoms with Crippen LogP contribution in [-0.4, -0.2) is 0 Å². The Labute approximate surface area is 137 Å². The Balaban J connectivity index is 0.00000128. The second-order valence-electron chi connectivity index (χ2n) is 5.13. The van der Waals surface area contributed by atoms with Crippen molar-refractivity contribution in [3.8, 4) is 0 Å². The summed E-state index contributed by atoms with van der Waals surface area (Å²) in [4.78, 5) is 0. The van der Waals surface area contributed by atoms with Crippen LogP contribution in [0.4, 0.5) is 0 Å². The fourth-order valence-electron chi connectivity index (χ4n) is 2.48. The largest absolute Gasteiger partial charge is 1.00 e. The van der Waals surface area contributed by atoms with E-state index in [4.69, 9.17) is 0 Å². The van der Waals surface area contributed by atoms with E-state index in [1.54, 1.807) is 0 Å². The first kappa shape index (κ1) is 17.8. The Morgan fingerprint density at radius 2 is 1.18 bits per heavy atom. The average molecular weight is 437 g/mol. The van der Waals surface area contributed by atoms with Crippen LogP contribution in [0.5, 0.6) is 0 Å². The summed E-state index contributed by atoms with van der Waals surface area (Å²) in [7, 11) is 0. The van der Waals surface area contributed by atoms with Gasteiger partial charge in [-0.1, -0.05) is 0 Å². The molecule has 0 fully saturated rings. The van der Waals surface area contributed by atoms with Crippen molar-refractivity contribution >= 4 is 0 Å². The number of halogens is 2. The van der Waals surface area contributed by atoms with Crippen molar-refractivity contribution in [3.05, 3.63) is 47.6 Å². The van der Waals surface area contributed by atoms with Gasteiger partial charge in [0.15, 0.2) is 0 Å². The minimum Gasteiger partial charge on any atom is -1.00 e. The zero-order valence-corrected chi connectivity index (χ0v) is 16.4. The third kappa shape index (κ3) is 4.44. The molecule has 92 valence electrons. The Bertz CT molecular complexity index is 368. The van der Waals surface area contributed by atoms with E-state index in [-0.39, 0.29) is 34.0 Å². The van der Waals surface area contributed by atoms with Crippen LogP contribution in [0.15, 0.2) is 47.6 Å². The molecule has 0 nitrogen and oxygen atoms in total. The number of hydrogen-bond donors (Lipinski definition) is 0. The van der Waals surface area contributed by atoms with Crippen molar-refractivity contribution in [2.45, 2.75) is 33.9 Å². The van der Waals surface area contributed by atoms with Crippen molar-refractivity contribution in [1.82, 2.24) is 0 Å². The fourth-order valence-corrected chi connectivity index (χ4v) is 7.63. The second kappa shape index (κ2) is 6.30. The van der Waals surface area contributed by atoms with Gasteiger partial charge in [-0.15, -0.1) is 0 Å². The number of hydrogen-bond acceptors (Lipinski definition) is 0. The molecule has 0 heterocycles. The molecule has 0 amide bonds. The Kier molecular flexibility index (Phi) is 6.60. The van der Waals surface area contributed by atoms with Crippen molar-refractivity contribution in [2.24, 2.45) is 0 Å². The van der Waals surface area contributed by atoms with Gasteiger partial charge in [-0.3, -0.25) is 0 Å². The molecule has 2 aliphatic carbocycles. The monoisotopic (exact) mass is 434 g/mol. The topological polar surface area (TPSA) is 0 Å². The normalized spacial score (nSPS) is 33.4. The van der Waals surface area contributed by atoms with Crippen LogP contribution < -0.4 is 34.0 Å². The van der Waals surface area contributed by atoms with Gasteiger partial charge in [0.2, 0.25) is 0 Å². The molecule has 2 aliphatic rings. The molecule has 2 atom stereocenters. The van der Waals surface area contributed by atoms with Crippen molar-refractivity contribution in [2.75, 3.05) is 0 Å². The summed E-state index contributed by atoms with van der Waals surface area (Å²) < 4.78 is 0.821. The van der Waals surface area contributed by atoms with Crippen LogP contribution in [0.3, 0.4) is 0 Å². The van der Waals surface area contributed by atoms with Crippen LogP contribution in [0, 0.1) is 0 Å². The number of allylic oxidation sites excluding steroid dienone is 8. The number of rotatable bonds is 2. The third-order valence-electron chi connectivity index (χ3n) is 2.98. The Morgan fingerprint density at radius 3 is 1.41 bits per heavy atom. The molecule has 0 aromatic carbocycles. The molecule has 17 heavy (non-hydrogen) atoms. The van der Waals surface area contributed by atoms with Gasteiger partial charge < -0.3 is 34.0 Å². The SMILES string of the molecule is CC1=C[C](C)([Zr+2][C]2(C)C=CC(C)=C2)C=C1.[Br-].[Br-]. The van der Waals surface area contributed by atoms with Crippen LogP contribution in [-0.2, 0) is 23.2 Å². The van der Waals surface area contributed by atoms with Crippen molar-refractivity contribution in [3.63, 3.8) is 0 Å². The molecule has 3 heteroatoms. The smallest absolute Gasteiger partial charge is 1.00 e. The summed E-state index contributed by atoms with van der Waals surface area (Å²) in [6.07, 6.45) is 14.3. The van der Waals surface area contributed by atoms with Crippen molar-refractivity contribution in [1.29, 1.82) is 0 Å². The molecular formula is C14H18Br2Zr. The molecule has 0 aromatic rings. The zero-order valence-electron chi connectivity index (χ0n) is 10.7. The fraction of sp³-hybridized carbons (Fsp3) is 0.429. The molecule has 2 rings (SSSR count). The standard InChI is InChI=1S/2C7H9.2BrH.Zr/c2*1-6-3-4-7(2)5-6;;;/h2*3-5H,1-2H3;2*1H;/q;;;;+2/p-2. The van der Waals surface area contributed by atoms with Gasteiger partial charge in [0.1, 0.15) is 0 Å². The first-order chi connectivity index (χ1) is 6.91. The maximum atomic E-state index is 2.46. The predicted molar refractivity (Wildman–Crippen MR) is 62.5 cm³/mol. The quantitative estimate of drug-likeness (QED) is 0.492. The molecule has 0 aromatic heterocycles. The average Bonchev–Trinajstić information content (AvgIpc) is 2.57. The second-order valence-corrected chi connectivity index (χ2v) is 11.0. The van der Waals surface area contributed by atoms with Gasteiger partial charge in [0.05, 0.1) is 0 Å². The summed E-state index contributed by atoms with van der Waals surface area (Å²) in [5, 5.41) is 0. The molecule has 0 bridgehead atoms. The summed E-state index contributed by atoms with van der Waals surface area (Å²) in [6.45, 7) is 9.20. The van der Waals surface area contributed by atoms with E-state index < -0.39 is 23.2 Å². The first-order valence-electron chi connectivity index (χ1n) is 5.48. The van der Waals surface area contributed by atoms with E-state index in [2.05, 4.69) is 64.2 Å². The maximum absolute atomic E-state index is 2.46. The minimum absolute atomic E-state index is 0. The zero-order chi connectivity index (χ0) is 11.1. The van der Waals surface area contributed by atoms with E-state index in [1.807, 2.05) is 0 Å². The summed E-state index contributed by atoms with van der Waals surface area (Å²) in [5.74, 6) is 0. The summed E-state index contributed by atoms with van der Waals surface area (Å²) in [5.41, 5.74) is 2.87. The van der Waals surface area contributed by atoms with Gasteiger partial charge in [0.25, 0.3) is 0 Å².